The van der Waals surface area contributed by atoms with Gasteiger partial charge in [-0.05, 0) is 12.5 Å². The number of aryl methyl sites for hydroxylation is 2. The van der Waals surface area contributed by atoms with Crippen LogP contribution in [-0.4, -0.2) is 26.5 Å². The highest BCUT2D eigenvalue weighted by Crippen LogP contribution is 2.23. The Morgan fingerprint density at radius 1 is 1.26 bits per heavy atom. The standard InChI is InChI=1S/C14H15N5O4/c1-3-9-4-5-10(6-12(9)19(22)23)16-13(20)14(21)17-11-7-15-18(2)8-11/h4-8H,3H2,1-2H3,(H,16,20)(H,17,21). The molecule has 9 nitrogen and oxygen atoms in total. The molecule has 2 aromatic rings. The van der Waals surface area contributed by atoms with Crippen LogP contribution in [0.15, 0.2) is 30.6 Å². The van der Waals surface area contributed by atoms with Crippen LogP contribution >= 0.6 is 0 Å². The summed E-state index contributed by atoms with van der Waals surface area (Å²) in [6, 6.07) is 4.29. The van der Waals surface area contributed by atoms with Crippen molar-refractivity contribution >= 4 is 28.9 Å². The Morgan fingerprint density at radius 3 is 2.43 bits per heavy atom. The molecule has 0 fully saturated rings. The van der Waals surface area contributed by atoms with Crippen LogP contribution in [0.3, 0.4) is 0 Å². The summed E-state index contributed by atoms with van der Waals surface area (Å²) in [5, 5.41) is 19.6. The molecule has 0 radical (unpaired) electrons. The van der Waals surface area contributed by atoms with Gasteiger partial charge in [0.1, 0.15) is 0 Å². The molecular weight excluding hydrogens is 302 g/mol. The monoisotopic (exact) mass is 317 g/mol. The van der Waals surface area contributed by atoms with Gasteiger partial charge in [-0.25, -0.2) is 0 Å². The largest absolute Gasteiger partial charge is 0.318 e. The number of hydrogen-bond acceptors (Lipinski definition) is 5. The summed E-state index contributed by atoms with van der Waals surface area (Å²) in [6.07, 6.45) is 3.42. The van der Waals surface area contributed by atoms with Crippen molar-refractivity contribution in [3.8, 4) is 0 Å². The summed E-state index contributed by atoms with van der Waals surface area (Å²) in [5.41, 5.74) is 1.01. The highest BCUT2D eigenvalue weighted by Gasteiger charge is 2.18. The molecule has 0 saturated heterocycles. The fourth-order valence-corrected chi connectivity index (χ4v) is 1.97. The maximum atomic E-state index is 11.8. The van der Waals surface area contributed by atoms with Gasteiger partial charge >= 0.3 is 11.8 Å². The lowest BCUT2D eigenvalue weighted by Crippen LogP contribution is -2.29. The van der Waals surface area contributed by atoms with Crippen LogP contribution in [0.4, 0.5) is 17.1 Å². The van der Waals surface area contributed by atoms with Gasteiger partial charge in [0.15, 0.2) is 0 Å². The third-order valence-electron chi connectivity index (χ3n) is 3.09. The van der Waals surface area contributed by atoms with Crippen molar-refractivity contribution in [2.45, 2.75) is 13.3 Å². The van der Waals surface area contributed by atoms with Crippen LogP contribution in [0.1, 0.15) is 12.5 Å². The molecule has 120 valence electrons. The summed E-state index contributed by atoms with van der Waals surface area (Å²) in [4.78, 5) is 34.1. The zero-order chi connectivity index (χ0) is 17.0. The van der Waals surface area contributed by atoms with E-state index >= 15 is 0 Å². The molecule has 0 unspecified atom stereocenters. The number of benzene rings is 1. The smallest absolute Gasteiger partial charge is 0.314 e. The van der Waals surface area contributed by atoms with E-state index in [0.29, 0.717) is 17.7 Å². The Morgan fingerprint density at radius 2 is 1.91 bits per heavy atom. The summed E-state index contributed by atoms with van der Waals surface area (Å²) in [6.45, 7) is 1.79. The average Bonchev–Trinajstić information content (AvgIpc) is 2.92. The fraction of sp³-hybridized carbons (Fsp3) is 0.214. The molecule has 0 bridgehead atoms. The Hall–Kier alpha value is -3.23. The zero-order valence-corrected chi connectivity index (χ0v) is 12.6. The van der Waals surface area contributed by atoms with Crippen molar-refractivity contribution in [3.05, 3.63) is 46.3 Å². The normalized spacial score (nSPS) is 10.2. The topological polar surface area (TPSA) is 119 Å². The molecule has 0 aliphatic heterocycles. The lowest BCUT2D eigenvalue weighted by Gasteiger charge is -2.06. The van der Waals surface area contributed by atoms with Crippen LogP contribution in [0.25, 0.3) is 0 Å². The number of nitrogens with one attached hydrogen (secondary N) is 2. The Labute approximate surface area is 131 Å². The first-order valence-corrected chi connectivity index (χ1v) is 6.79. The van der Waals surface area contributed by atoms with Gasteiger partial charge in [0.05, 0.1) is 16.8 Å². The lowest BCUT2D eigenvalue weighted by atomic mass is 10.1. The number of carbonyl (C=O) groups excluding carboxylic acids is 2. The molecule has 0 spiro atoms. The SMILES string of the molecule is CCc1ccc(NC(=O)C(=O)Nc2cnn(C)c2)cc1[N+](=O)[O-]. The minimum absolute atomic E-state index is 0.0991. The third kappa shape index (κ3) is 3.90. The number of nitro groups is 1. The molecule has 2 amide bonds. The van der Waals surface area contributed by atoms with E-state index in [1.165, 1.54) is 29.2 Å². The molecule has 0 aliphatic rings. The summed E-state index contributed by atoms with van der Waals surface area (Å²) in [7, 11) is 1.67. The highest BCUT2D eigenvalue weighted by atomic mass is 16.6. The van der Waals surface area contributed by atoms with Gasteiger partial charge in [-0.2, -0.15) is 5.10 Å². The minimum Gasteiger partial charge on any atom is -0.318 e. The van der Waals surface area contributed by atoms with E-state index in [2.05, 4.69) is 15.7 Å². The minimum atomic E-state index is -0.924. The molecular formula is C14H15N5O4. The molecule has 9 heteroatoms. The molecule has 23 heavy (non-hydrogen) atoms. The quantitative estimate of drug-likeness (QED) is 0.502. The van der Waals surface area contributed by atoms with E-state index in [-0.39, 0.29) is 11.4 Å². The maximum Gasteiger partial charge on any atom is 0.314 e. The Bertz CT molecular complexity index is 768. The molecule has 1 aromatic heterocycles. The van der Waals surface area contributed by atoms with Gasteiger partial charge in [-0.1, -0.05) is 13.0 Å². The maximum absolute atomic E-state index is 11.8. The van der Waals surface area contributed by atoms with Gasteiger partial charge in [0, 0.05) is 30.6 Å². The first-order chi connectivity index (χ1) is 10.9. The van der Waals surface area contributed by atoms with Gasteiger partial charge in [-0.3, -0.25) is 24.4 Å². The Balaban J connectivity index is 2.09. The zero-order valence-electron chi connectivity index (χ0n) is 12.6. The first kappa shape index (κ1) is 16.1. The Kier molecular flexibility index (Phi) is 4.69. The van der Waals surface area contributed by atoms with Crippen LogP contribution in [-0.2, 0) is 23.1 Å². The van der Waals surface area contributed by atoms with Crippen molar-refractivity contribution in [1.82, 2.24) is 9.78 Å². The van der Waals surface area contributed by atoms with Gasteiger partial charge in [0.2, 0.25) is 0 Å². The van der Waals surface area contributed by atoms with Gasteiger partial charge < -0.3 is 10.6 Å². The van der Waals surface area contributed by atoms with Gasteiger partial charge in [-0.15, -0.1) is 0 Å². The second-order valence-electron chi connectivity index (χ2n) is 4.77. The number of nitro benzene ring substituents is 1. The van der Waals surface area contributed by atoms with Crippen molar-refractivity contribution in [3.63, 3.8) is 0 Å². The van der Waals surface area contributed by atoms with E-state index in [0.717, 1.165) is 0 Å². The van der Waals surface area contributed by atoms with E-state index in [1.54, 1.807) is 20.0 Å². The molecule has 0 atom stereocenters. The number of rotatable bonds is 4. The number of hydrogen-bond donors (Lipinski definition) is 2. The lowest BCUT2D eigenvalue weighted by molar-refractivity contribution is -0.385. The molecule has 2 rings (SSSR count). The van der Waals surface area contributed by atoms with E-state index in [4.69, 9.17) is 0 Å². The molecule has 0 aliphatic carbocycles. The third-order valence-corrected chi connectivity index (χ3v) is 3.09. The van der Waals surface area contributed by atoms with Gasteiger partial charge in [0.25, 0.3) is 5.69 Å². The molecule has 1 aromatic carbocycles. The first-order valence-electron chi connectivity index (χ1n) is 6.79. The summed E-state index contributed by atoms with van der Waals surface area (Å²) in [5.74, 6) is -1.81. The summed E-state index contributed by atoms with van der Waals surface area (Å²) < 4.78 is 1.47. The van der Waals surface area contributed by atoms with Crippen LogP contribution in [0.5, 0.6) is 0 Å². The number of amides is 2. The van der Waals surface area contributed by atoms with E-state index < -0.39 is 16.7 Å². The average molecular weight is 317 g/mol. The number of anilines is 2. The van der Waals surface area contributed by atoms with Crippen LogP contribution in [0, 0.1) is 10.1 Å². The molecule has 0 saturated carbocycles. The fourth-order valence-electron chi connectivity index (χ4n) is 1.97. The van der Waals surface area contributed by atoms with E-state index in [1.807, 2.05) is 0 Å². The number of aromatic nitrogens is 2. The predicted molar refractivity (Wildman–Crippen MR) is 82.9 cm³/mol. The van der Waals surface area contributed by atoms with Crippen molar-refractivity contribution in [2.24, 2.45) is 7.05 Å². The predicted octanol–water partition coefficient (Wildman–Crippen LogP) is 1.47. The van der Waals surface area contributed by atoms with E-state index in [9.17, 15) is 19.7 Å². The number of nitrogens with zero attached hydrogens (tertiary/aromatic N) is 3. The second-order valence-corrected chi connectivity index (χ2v) is 4.77. The molecule has 2 N–H and O–H groups in total. The van der Waals surface area contributed by atoms with Crippen molar-refractivity contribution in [2.75, 3.05) is 10.6 Å². The number of carbonyl (C=O) groups is 2. The van der Waals surface area contributed by atoms with Crippen molar-refractivity contribution < 1.29 is 14.5 Å². The summed E-state index contributed by atoms with van der Waals surface area (Å²) >= 11 is 0. The second kappa shape index (κ2) is 6.69. The van der Waals surface area contributed by atoms with Crippen molar-refractivity contribution in [1.29, 1.82) is 0 Å². The van der Waals surface area contributed by atoms with Crippen LogP contribution in [0.2, 0.25) is 0 Å². The highest BCUT2D eigenvalue weighted by molar-refractivity contribution is 6.43. The molecule has 1 heterocycles. The van der Waals surface area contributed by atoms with Crippen LogP contribution < -0.4 is 10.6 Å².